The van der Waals surface area contributed by atoms with E-state index in [1.54, 1.807) is 26.6 Å². The average Bonchev–Trinajstić information content (AvgIpc) is 3.64. The summed E-state index contributed by atoms with van der Waals surface area (Å²) in [6, 6.07) is 6.54. The molecule has 2 unspecified atom stereocenters. The number of amides is 2. The fraction of sp³-hybridized carbons (Fsp3) is 0.552. The number of carbonyl (C=O) groups is 3. The maximum Gasteiger partial charge on any atom is 0.312 e. The highest BCUT2D eigenvalue weighted by molar-refractivity contribution is 5.98. The highest BCUT2D eigenvalue weighted by atomic mass is 16.6. The number of ether oxygens (including phenoxy) is 2. The van der Waals surface area contributed by atoms with Crippen LogP contribution in [0.3, 0.4) is 0 Å². The van der Waals surface area contributed by atoms with Crippen molar-refractivity contribution in [3.63, 3.8) is 0 Å². The van der Waals surface area contributed by atoms with Gasteiger partial charge in [-0.3, -0.25) is 14.4 Å². The predicted molar refractivity (Wildman–Crippen MR) is 145 cm³/mol. The van der Waals surface area contributed by atoms with Crippen molar-refractivity contribution < 1.29 is 29.0 Å². The van der Waals surface area contributed by atoms with Crippen molar-refractivity contribution in [2.45, 2.75) is 62.9 Å². The second kappa shape index (κ2) is 11.1. The van der Waals surface area contributed by atoms with Crippen LogP contribution in [0.15, 0.2) is 49.6 Å². The number of rotatable bonds is 13. The first-order chi connectivity index (χ1) is 19.3. The van der Waals surface area contributed by atoms with E-state index in [0.29, 0.717) is 37.6 Å². The number of hydrogen-bond donors (Lipinski definition) is 1. The Labute approximate surface area is 233 Å². The molecule has 2 bridgehead atoms. The number of unbranched alkanes of at least 4 members (excludes halogenated alkanes) is 1. The lowest BCUT2D eigenvalue weighted by Gasteiger charge is -2.36. The van der Waals surface area contributed by atoms with Crippen molar-refractivity contribution in [2.24, 2.45) is 11.8 Å². The quantitative estimate of drug-likeness (QED) is 0.228. The van der Waals surface area contributed by atoms with Gasteiger partial charge in [-0.05, 0) is 51.2 Å². The molecular weight excluding hydrogens is 514 g/mol. The fourth-order valence-electron chi connectivity index (χ4n) is 6.76. The Hall–Kier alpha value is -3.57. The number of carbonyl (C=O) groups excluding carboxylic acids is 3. The number of esters is 1. The average molecular weight is 552 g/mol. The summed E-state index contributed by atoms with van der Waals surface area (Å²) in [7, 11) is 0. The van der Waals surface area contributed by atoms with E-state index in [0.717, 1.165) is 5.52 Å². The van der Waals surface area contributed by atoms with E-state index in [2.05, 4.69) is 23.5 Å². The second-order valence-corrected chi connectivity index (χ2v) is 11.0. The van der Waals surface area contributed by atoms with E-state index in [-0.39, 0.29) is 44.8 Å². The number of benzene rings is 1. The third kappa shape index (κ3) is 4.50. The molecular formula is C29H37N5O6. The van der Waals surface area contributed by atoms with Gasteiger partial charge in [0.25, 0.3) is 0 Å². The largest absolute Gasteiger partial charge is 0.465 e. The Kier molecular flexibility index (Phi) is 7.78. The van der Waals surface area contributed by atoms with Crippen molar-refractivity contribution in [1.82, 2.24) is 24.8 Å². The number of aliphatic hydroxyl groups excluding tert-OH is 1. The highest BCUT2D eigenvalue weighted by Crippen LogP contribution is 2.63. The molecule has 3 aliphatic rings. The van der Waals surface area contributed by atoms with Gasteiger partial charge in [0.15, 0.2) is 0 Å². The third-order valence-corrected chi connectivity index (χ3v) is 8.52. The monoisotopic (exact) mass is 551 g/mol. The smallest absolute Gasteiger partial charge is 0.312 e. The van der Waals surface area contributed by atoms with Gasteiger partial charge in [-0.2, -0.15) is 0 Å². The van der Waals surface area contributed by atoms with Crippen LogP contribution in [0, 0.1) is 11.8 Å². The summed E-state index contributed by atoms with van der Waals surface area (Å²) >= 11 is 0. The van der Waals surface area contributed by atoms with Gasteiger partial charge in [0.2, 0.25) is 11.8 Å². The van der Waals surface area contributed by atoms with Crippen molar-refractivity contribution in [3.05, 3.63) is 49.6 Å². The Balaban J connectivity index is 1.50. The van der Waals surface area contributed by atoms with Crippen LogP contribution in [0.25, 0.3) is 11.0 Å². The van der Waals surface area contributed by atoms with Gasteiger partial charge < -0.3 is 24.4 Å². The van der Waals surface area contributed by atoms with E-state index in [4.69, 9.17) is 9.47 Å². The second-order valence-electron chi connectivity index (χ2n) is 11.0. The molecule has 0 radical (unpaired) electrons. The number of aliphatic hydroxyl groups is 1. The molecule has 3 aliphatic heterocycles. The third-order valence-electron chi connectivity index (χ3n) is 8.52. The fourth-order valence-corrected chi connectivity index (χ4v) is 6.76. The summed E-state index contributed by atoms with van der Waals surface area (Å²) in [5.41, 5.74) is -0.589. The van der Waals surface area contributed by atoms with Gasteiger partial charge in [0.05, 0.1) is 23.6 Å². The zero-order valence-electron chi connectivity index (χ0n) is 22.9. The zero-order valence-corrected chi connectivity index (χ0v) is 22.9. The number of hydrogen-bond acceptors (Lipinski definition) is 8. The first-order valence-electron chi connectivity index (χ1n) is 13.9. The number of aromatic nitrogens is 3. The van der Waals surface area contributed by atoms with Crippen LogP contribution < -0.4 is 0 Å². The lowest BCUT2D eigenvalue weighted by atomic mass is 9.66. The molecule has 5 rings (SSSR count). The number of fused-ring (bicyclic) bond motifs is 2. The van der Waals surface area contributed by atoms with Gasteiger partial charge in [0.1, 0.15) is 29.7 Å². The number of nitrogens with zero attached hydrogens (tertiary/aromatic N) is 5. The maximum atomic E-state index is 14.5. The molecule has 3 saturated heterocycles. The van der Waals surface area contributed by atoms with Crippen LogP contribution in [0.1, 0.15) is 39.0 Å². The van der Waals surface area contributed by atoms with Crippen molar-refractivity contribution >= 4 is 28.8 Å². The number of likely N-dealkylation sites (tertiary alicyclic amines) is 1. The normalized spacial score (nSPS) is 28.6. The van der Waals surface area contributed by atoms with E-state index in [9.17, 15) is 19.5 Å². The molecule has 11 heteroatoms. The highest BCUT2D eigenvalue weighted by Gasteiger charge is 2.78. The standard InChI is InChI=1S/C29H37N5O6/c1-4-6-18-39-27(38)23-22-25(36)33(16-9-10-17-35)24(29(22)14-13-28(23,3)40-29)26(37)32(15-5-2)19-34-21-12-8-7-11-20(21)30-31-34/h4-5,7-8,11-12,22-24,35H,1-2,6,9-10,13-19H2,3H3/t22-,23-,24?,28+,29?/m0/s1. The van der Waals surface area contributed by atoms with Gasteiger partial charge in [-0.25, -0.2) is 4.68 Å². The van der Waals surface area contributed by atoms with Gasteiger partial charge >= 0.3 is 5.97 Å². The van der Waals surface area contributed by atoms with Gasteiger partial charge in [0, 0.05) is 19.7 Å². The number of para-hydroxylation sites is 1. The van der Waals surface area contributed by atoms with Crippen molar-refractivity contribution in [3.8, 4) is 0 Å². The molecule has 2 amide bonds. The van der Waals surface area contributed by atoms with E-state index < -0.39 is 35.0 Å². The minimum Gasteiger partial charge on any atom is -0.465 e. The molecule has 5 atom stereocenters. The lowest BCUT2D eigenvalue weighted by Crippen LogP contribution is -2.56. The van der Waals surface area contributed by atoms with Crippen molar-refractivity contribution in [2.75, 3.05) is 26.3 Å². The molecule has 40 heavy (non-hydrogen) atoms. The van der Waals surface area contributed by atoms with Crippen LogP contribution in [0.2, 0.25) is 0 Å². The Morgan fingerprint density at radius 3 is 2.80 bits per heavy atom. The first-order valence-corrected chi connectivity index (χ1v) is 13.9. The lowest BCUT2D eigenvalue weighted by molar-refractivity contribution is -0.160. The minimum absolute atomic E-state index is 0.0238. The SMILES string of the molecule is C=CCCOC(=O)[C@@H]1[C@H]2C(=O)N(CCCCO)C(C(=O)N(CC=C)Cn3nnc4ccccc43)C23CC[C@@]1(C)O3. The molecule has 2 aromatic rings. The van der Waals surface area contributed by atoms with Crippen LogP contribution in [-0.4, -0.2) is 91.2 Å². The molecule has 4 heterocycles. The molecule has 1 aromatic heterocycles. The summed E-state index contributed by atoms with van der Waals surface area (Å²) in [6.45, 7) is 10.1. The molecule has 0 saturated carbocycles. The van der Waals surface area contributed by atoms with Gasteiger partial charge in [-0.15, -0.1) is 18.3 Å². The van der Waals surface area contributed by atoms with Crippen LogP contribution in [0.5, 0.6) is 0 Å². The zero-order chi connectivity index (χ0) is 28.5. The summed E-state index contributed by atoms with van der Waals surface area (Å²) in [4.78, 5) is 45.1. The minimum atomic E-state index is -1.16. The Morgan fingerprint density at radius 2 is 2.05 bits per heavy atom. The molecule has 3 fully saturated rings. The van der Waals surface area contributed by atoms with Crippen LogP contribution in [0.4, 0.5) is 0 Å². The summed E-state index contributed by atoms with van der Waals surface area (Å²) in [6.07, 6.45) is 5.79. The summed E-state index contributed by atoms with van der Waals surface area (Å²) in [5.74, 6) is -2.71. The molecule has 1 N–H and O–H groups in total. The molecule has 214 valence electrons. The van der Waals surface area contributed by atoms with Crippen LogP contribution >= 0.6 is 0 Å². The summed E-state index contributed by atoms with van der Waals surface area (Å²) in [5, 5.41) is 17.8. The summed E-state index contributed by atoms with van der Waals surface area (Å²) < 4.78 is 13.8. The van der Waals surface area contributed by atoms with Crippen molar-refractivity contribution in [1.29, 1.82) is 0 Å². The molecule has 1 aromatic carbocycles. The molecule has 0 aliphatic carbocycles. The Bertz CT molecular complexity index is 1310. The van der Waals surface area contributed by atoms with E-state index >= 15 is 0 Å². The topological polar surface area (TPSA) is 127 Å². The van der Waals surface area contributed by atoms with Crippen LogP contribution in [-0.2, 0) is 30.5 Å². The van der Waals surface area contributed by atoms with E-state index in [1.807, 2.05) is 31.2 Å². The Morgan fingerprint density at radius 1 is 1.25 bits per heavy atom. The van der Waals surface area contributed by atoms with Gasteiger partial charge in [-0.1, -0.05) is 29.5 Å². The first kappa shape index (κ1) is 28.0. The van der Waals surface area contributed by atoms with E-state index in [1.165, 1.54) is 0 Å². The molecule has 1 spiro atoms. The predicted octanol–water partition coefficient (Wildman–Crippen LogP) is 2.06. The maximum absolute atomic E-state index is 14.5. The molecule has 11 nitrogen and oxygen atoms in total.